The highest BCUT2D eigenvalue weighted by atomic mass is 79.9. The number of carbonyl (C=O) groups is 1. The number of phenolic OH excluding ortho intramolecular Hbond substituents is 1. The molecule has 0 aliphatic heterocycles. The molecule has 1 aromatic carbocycles. The van der Waals surface area contributed by atoms with Crippen LogP contribution in [0.3, 0.4) is 0 Å². The summed E-state index contributed by atoms with van der Waals surface area (Å²) in [4.78, 5) is 14.6. The van der Waals surface area contributed by atoms with E-state index < -0.39 is 5.97 Å². The van der Waals surface area contributed by atoms with Crippen LogP contribution in [0.5, 0.6) is 5.75 Å². The van der Waals surface area contributed by atoms with E-state index in [-0.39, 0.29) is 27.6 Å². The Balaban J connectivity index is 2.64. The molecule has 0 unspecified atom stereocenters. The Bertz CT molecular complexity index is 550. The van der Waals surface area contributed by atoms with Crippen LogP contribution in [0, 0.1) is 0 Å². The van der Waals surface area contributed by atoms with Gasteiger partial charge in [0, 0.05) is 15.9 Å². The van der Waals surface area contributed by atoms with Gasteiger partial charge in [-0.25, -0.2) is 4.79 Å². The standard InChI is InChI=1S/C10H6BrNO4/c11-10-12-7(9(14)15)8(16-10)5-3-1-2-4-6(5)13/h1-4,13H,(H,14,15). The SMILES string of the molecule is O=C(O)c1nc(Br)oc1-c1ccccc1O. The molecule has 0 saturated carbocycles. The molecule has 2 N–H and O–H groups in total. The molecule has 1 heterocycles. The second-order valence-electron chi connectivity index (χ2n) is 2.97. The van der Waals surface area contributed by atoms with Crippen molar-refractivity contribution >= 4 is 21.9 Å². The largest absolute Gasteiger partial charge is 0.507 e. The van der Waals surface area contributed by atoms with Crippen molar-refractivity contribution in [2.24, 2.45) is 0 Å². The first-order chi connectivity index (χ1) is 7.59. The zero-order chi connectivity index (χ0) is 11.7. The van der Waals surface area contributed by atoms with Crippen molar-refractivity contribution in [2.45, 2.75) is 0 Å². The molecule has 6 heteroatoms. The number of oxazole rings is 1. The Morgan fingerprint density at radius 3 is 2.69 bits per heavy atom. The highest BCUT2D eigenvalue weighted by molar-refractivity contribution is 9.10. The number of hydrogen-bond donors (Lipinski definition) is 2. The Morgan fingerprint density at radius 2 is 2.06 bits per heavy atom. The second-order valence-corrected chi connectivity index (χ2v) is 3.65. The van der Waals surface area contributed by atoms with E-state index in [9.17, 15) is 9.90 Å². The number of para-hydroxylation sites is 1. The highest BCUT2D eigenvalue weighted by Crippen LogP contribution is 2.33. The number of aromatic carboxylic acids is 1. The molecule has 0 amide bonds. The van der Waals surface area contributed by atoms with Gasteiger partial charge in [0.2, 0.25) is 0 Å². The minimum absolute atomic E-state index is 0.0254. The molecule has 1 aromatic heterocycles. The van der Waals surface area contributed by atoms with E-state index in [4.69, 9.17) is 9.52 Å². The summed E-state index contributed by atoms with van der Waals surface area (Å²) in [5, 5.41) is 18.5. The van der Waals surface area contributed by atoms with E-state index in [1.54, 1.807) is 18.2 Å². The van der Waals surface area contributed by atoms with Crippen molar-refractivity contribution in [1.82, 2.24) is 4.98 Å². The second kappa shape index (κ2) is 3.97. The van der Waals surface area contributed by atoms with Gasteiger partial charge < -0.3 is 14.6 Å². The van der Waals surface area contributed by atoms with E-state index in [1.165, 1.54) is 6.07 Å². The van der Waals surface area contributed by atoms with Crippen LogP contribution in [0.1, 0.15) is 10.5 Å². The lowest BCUT2D eigenvalue weighted by atomic mass is 10.1. The first-order valence-corrected chi connectivity index (χ1v) is 5.07. The summed E-state index contributed by atoms with van der Waals surface area (Å²) in [5.41, 5.74) is 0.0477. The van der Waals surface area contributed by atoms with Crippen molar-refractivity contribution in [2.75, 3.05) is 0 Å². The number of halogens is 1. The van der Waals surface area contributed by atoms with Crippen LogP contribution in [0.4, 0.5) is 0 Å². The average molecular weight is 284 g/mol. The minimum atomic E-state index is -1.22. The third-order valence-electron chi connectivity index (χ3n) is 1.95. The van der Waals surface area contributed by atoms with E-state index in [2.05, 4.69) is 20.9 Å². The van der Waals surface area contributed by atoms with Crippen LogP contribution < -0.4 is 0 Å². The molecule has 2 rings (SSSR count). The smallest absolute Gasteiger partial charge is 0.358 e. The summed E-state index contributed by atoms with van der Waals surface area (Å²) in [6.07, 6.45) is 0. The molecule has 0 radical (unpaired) electrons. The van der Waals surface area contributed by atoms with Crippen molar-refractivity contribution in [3.8, 4) is 17.1 Å². The van der Waals surface area contributed by atoms with Crippen LogP contribution >= 0.6 is 15.9 Å². The highest BCUT2D eigenvalue weighted by Gasteiger charge is 2.21. The molecule has 0 spiro atoms. The number of rotatable bonds is 2. The molecule has 82 valence electrons. The van der Waals surface area contributed by atoms with Crippen molar-refractivity contribution < 1.29 is 19.4 Å². The predicted octanol–water partition coefficient (Wildman–Crippen LogP) is 2.51. The first kappa shape index (κ1) is 10.7. The third kappa shape index (κ3) is 1.79. The summed E-state index contributed by atoms with van der Waals surface area (Å²) < 4.78 is 5.11. The molecule has 0 aliphatic rings. The number of hydrogen-bond acceptors (Lipinski definition) is 4. The van der Waals surface area contributed by atoms with Crippen molar-refractivity contribution in [1.29, 1.82) is 0 Å². The lowest BCUT2D eigenvalue weighted by Crippen LogP contribution is -1.98. The van der Waals surface area contributed by atoms with E-state index in [0.29, 0.717) is 0 Å². The molecular weight excluding hydrogens is 278 g/mol. The summed E-state index contributed by atoms with van der Waals surface area (Å²) in [7, 11) is 0. The van der Waals surface area contributed by atoms with Crippen LogP contribution in [-0.4, -0.2) is 21.2 Å². The number of phenols is 1. The zero-order valence-electron chi connectivity index (χ0n) is 7.85. The number of nitrogens with zero attached hydrogens (tertiary/aromatic N) is 1. The molecule has 0 fully saturated rings. The molecule has 0 bridgehead atoms. The Kier molecular flexibility index (Phi) is 2.66. The van der Waals surface area contributed by atoms with Gasteiger partial charge in [0.25, 0.3) is 4.80 Å². The van der Waals surface area contributed by atoms with Gasteiger partial charge in [-0.2, -0.15) is 4.98 Å². The van der Waals surface area contributed by atoms with E-state index in [0.717, 1.165) is 0 Å². The minimum Gasteiger partial charge on any atom is -0.507 e. The Hall–Kier alpha value is -1.82. The summed E-state index contributed by atoms with van der Waals surface area (Å²) in [5.74, 6) is -1.25. The third-order valence-corrected chi connectivity index (χ3v) is 2.29. The number of carboxylic acid groups (broad SMARTS) is 1. The maximum atomic E-state index is 10.9. The number of carboxylic acids is 1. The Morgan fingerprint density at radius 1 is 1.38 bits per heavy atom. The van der Waals surface area contributed by atoms with Gasteiger partial charge in [0.15, 0.2) is 11.5 Å². The van der Waals surface area contributed by atoms with Gasteiger partial charge in [-0.05, 0) is 12.1 Å². The lowest BCUT2D eigenvalue weighted by molar-refractivity contribution is 0.0691. The van der Waals surface area contributed by atoms with Gasteiger partial charge in [-0.3, -0.25) is 0 Å². The average Bonchev–Trinajstić information content (AvgIpc) is 2.61. The molecule has 0 atom stereocenters. The van der Waals surface area contributed by atoms with Gasteiger partial charge >= 0.3 is 5.97 Å². The summed E-state index contributed by atoms with van der Waals surface area (Å²) in [6.45, 7) is 0. The summed E-state index contributed by atoms with van der Waals surface area (Å²) in [6, 6.07) is 6.29. The fourth-order valence-corrected chi connectivity index (χ4v) is 1.63. The van der Waals surface area contributed by atoms with Crippen LogP contribution in [0.15, 0.2) is 33.5 Å². The first-order valence-electron chi connectivity index (χ1n) is 4.27. The zero-order valence-corrected chi connectivity index (χ0v) is 9.43. The van der Waals surface area contributed by atoms with E-state index in [1.807, 2.05) is 0 Å². The van der Waals surface area contributed by atoms with Gasteiger partial charge in [-0.1, -0.05) is 12.1 Å². The predicted molar refractivity (Wildman–Crippen MR) is 58.3 cm³/mol. The Labute approximate surface area is 98.5 Å². The van der Waals surface area contributed by atoms with Crippen molar-refractivity contribution in [3.05, 3.63) is 34.8 Å². The van der Waals surface area contributed by atoms with E-state index >= 15 is 0 Å². The number of aromatic nitrogens is 1. The lowest BCUT2D eigenvalue weighted by Gasteiger charge is -2.00. The fraction of sp³-hybridized carbons (Fsp3) is 0. The molecule has 0 aliphatic carbocycles. The van der Waals surface area contributed by atoms with Gasteiger partial charge in [-0.15, -0.1) is 0 Å². The van der Waals surface area contributed by atoms with Crippen LogP contribution in [0.2, 0.25) is 0 Å². The molecular formula is C10H6BrNO4. The molecule has 16 heavy (non-hydrogen) atoms. The van der Waals surface area contributed by atoms with Crippen molar-refractivity contribution in [3.63, 3.8) is 0 Å². The maximum absolute atomic E-state index is 10.9. The fourth-order valence-electron chi connectivity index (χ4n) is 1.29. The monoisotopic (exact) mass is 283 g/mol. The topological polar surface area (TPSA) is 83.6 Å². The van der Waals surface area contributed by atoms with Crippen LogP contribution in [-0.2, 0) is 0 Å². The number of aromatic hydroxyl groups is 1. The quantitative estimate of drug-likeness (QED) is 0.885. The normalized spacial score (nSPS) is 10.3. The van der Waals surface area contributed by atoms with Gasteiger partial charge in [0.05, 0.1) is 5.56 Å². The van der Waals surface area contributed by atoms with Gasteiger partial charge in [0.1, 0.15) is 5.75 Å². The molecule has 0 saturated heterocycles. The maximum Gasteiger partial charge on any atom is 0.358 e. The molecule has 2 aromatic rings. The molecule has 5 nitrogen and oxygen atoms in total. The summed E-state index contributed by atoms with van der Waals surface area (Å²) >= 11 is 2.95. The van der Waals surface area contributed by atoms with Crippen LogP contribution in [0.25, 0.3) is 11.3 Å². The number of benzene rings is 1.